The van der Waals surface area contributed by atoms with E-state index in [0.29, 0.717) is 25.1 Å². The molecule has 1 aromatic rings. The average Bonchev–Trinajstić information content (AvgIpc) is 2.43. The molecule has 0 bridgehead atoms. The van der Waals surface area contributed by atoms with Gasteiger partial charge in [-0.25, -0.2) is 0 Å². The third kappa shape index (κ3) is 4.66. The van der Waals surface area contributed by atoms with Gasteiger partial charge in [0.05, 0.1) is 6.54 Å². The molecule has 0 aliphatic rings. The van der Waals surface area contributed by atoms with E-state index in [2.05, 4.69) is 0 Å². The van der Waals surface area contributed by atoms with Crippen LogP contribution in [0.2, 0.25) is 0 Å². The zero-order chi connectivity index (χ0) is 15.0. The van der Waals surface area contributed by atoms with Crippen LogP contribution in [0.25, 0.3) is 0 Å². The Morgan fingerprint density at radius 2 is 1.95 bits per heavy atom. The van der Waals surface area contributed by atoms with Crippen molar-refractivity contribution in [3.63, 3.8) is 0 Å². The fraction of sp³-hybridized carbons (Fsp3) is 0.467. The van der Waals surface area contributed by atoms with E-state index in [1.165, 1.54) is 4.90 Å². The zero-order valence-corrected chi connectivity index (χ0v) is 12.0. The number of amides is 2. The second-order valence-electron chi connectivity index (χ2n) is 4.74. The molecule has 0 spiro atoms. The number of hydrogen-bond donors (Lipinski definition) is 2. The summed E-state index contributed by atoms with van der Waals surface area (Å²) in [6.45, 7) is 3.01. The van der Waals surface area contributed by atoms with Gasteiger partial charge in [-0.1, -0.05) is 31.5 Å². The van der Waals surface area contributed by atoms with E-state index in [9.17, 15) is 9.59 Å². The van der Waals surface area contributed by atoms with Crippen LogP contribution in [0.1, 0.15) is 35.7 Å². The molecule has 0 unspecified atom stereocenters. The maximum Gasteiger partial charge on any atom is 0.254 e. The van der Waals surface area contributed by atoms with Crippen molar-refractivity contribution >= 4 is 11.8 Å². The first-order valence-corrected chi connectivity index (χ1v) is 6.95. The topological polar surface area (TPSA) is 89.4 Å². The Kier molecular flexibility index (Phi) is 6.73. The molecule has 1 aromatic carbocycles. The van der Waals surface area contributed by atoms with Gasteiger partial charge >= 0.3 is 0 Å². The lowest BCUT2D eigenvalue weighted by Gasteiger charge is -2.22. The molecule has 20 heavy (non-hydrogen) atoms. The summed E-state index contributed by atoms with van der Waals surface area (Å²) >= 11 is 0. The summed E-state index contributed by atoms with van der Waals surface area (Å²) in [6, 6.07) is 7.36. The van der Waals surface area contributed by atoms with E-state index in [1.807, 2.05) is 25.1 Å². The highest BCUT2D eigenvalue weighted by Gasteiger charge is 2.19. The maximum absolute atomic E-state index is 12.6. The SMILES string of the molecule is CCCCN(CC(N)=O)C(=O)c1ccccc1CCN. The smallest absolute Gasteiger partial charge is 0.254 e. The van der Waals surface area contributed by atoms with Crippen molar-refractivity contribution in [2.75, 3.05) is 19.6 Å². The highest BCUT2D eigenvalue weighted by Crippen LogP contribution is 2.13. The Bertz CT molecular complexity index is 460. The fourth-order valence-corrected chi connectivity index (χ4v) is 2.06. The maximum atomic E-state index is 12.6. The van der Waals surface area contributed by atoms with Crippen LogP contribution in [-0.2, 0) is 11.2 Å². The van der Waals surface area contributed by atoms with Gasteiger partial charge in [-0.3, -0.25) is 9.59 Å². The van der Waals surface area contributed by atoms with E-state index in [4.69, 9.17) is 11.5 Å². The molecule has 0 fully saturated rings. The van der Waals surface area contributed by atoms with Gasteiger partial charge < -0.3 is 16.4 Å². The van der Waals surface area contributed by atoms with Crippen LogP contribution in [0.5, 0.6) is 0 Å². The molecule has 2 amide bonds. The van der Waals surface area contributed by atoms with Crippen LogP contribution < -0.4 is 11.5 Å². The van der Waals surface area contributed by atoms with Gasteiger partial charge in [-0.15, -0.1) is 0 Å². The largest absolute Gasteiger partial charge is 0.368 e. The van der Waals surface area contributed by atoms with Crippen LogP contribution in [0.4, 0.5) is 0 Å². The van der Waals surface area contributed by atoms with Gasteiger partial charge in [0, 0.05) is 12.1 Å². The lowest BCUT2D eigenvalue weighted by molar-refractivity contribution is -0.118. The predicted octanol–water partition coefficient (Wildman–Crippen LogP) is 0.915. The summed E-state index contributed by atoms with van der Waals surface area (Å²) in [5.41, 5.74) is 12.3. The summed E-state index contributed by atoms with van der Waals surface area (Å²) in [7, 11) is 0. The second-order valence-corrected chi connectivity index (χ2v) is 4.74. The van der Waals surface area contributed by atoms with E-state index in [-0.39, 0.29) is 12.5 Å². The summed E-state index contributed by atoms with van der Waals surface area (Å²) in [5, 5.41) is 0. The van der Waals surface area contributed by atoms with Crippen LogP contribution in [0.3, 0.4) is 0 Å². The molecule has 5 heteroatoms. The first-order chi connectivity index (χ1) is 9.60. The van der Waals surface area contributed by atoms with E-state index < -0.39 is 5.91 Å². The summed E-state index contributed by atoms with van der Waals surface area (Å²) in [4.78, 5) is 25.2. The second kappa shape index (κ2) is 8.32. The van der Waals surface area contributed by atoms with Crippen LogP contribution in [-0.4, -0.2) is 36.3 Å². The van der Waals surface area contributed by atoms with Gasteiger partial charge in [0.25, 0.3) is 5.91 Å². The molecule has 0 saturated carbocycles. The van der Waals surface area contributed by atoms with Gasteiger partial charge in [0.1, 0.15) is 0 Å². The van der Waals surface area contributed by atoms with E-state index in [1.54, 1.807) is 6.07 Å². The molecular weight excluding hydrogens is 254 g/mol. The Hall–Kier alpha value is -1.88. The minimum atomic E-state index is -0.495. The van der Waals surface area contributed by atoms with Crippen molar-refractivity contribution < 1.29 is 9.59 Å². The molecule has 1 rings (SSSR count). The van der Waals surface area contributed by atoms with Gasteiger partial charge in [0.2, 0.25) is 5.91 Å². The number of nitrogens with zero attached hydrogens (tertiary/aromatic N) is 1. The Morgan fingerprint density at radius 3 is 2.55 bits per heavy atom. The van der Waals surface area contributed by atoms with Gasteiger partial charge in [0.15, 0.2) is 0 Å². The van der Waals surface area contributed by atoms with Crippen molar-refractivity contribution in [2.45, 2.75) is 26.2 Å². The molecule has 0 aliphatic heterocycles. The average molecular weight is 277 g/mol. The molecule has 0 aromatic heterocycles. The molecule has 0 radical (unpaired) electrons. The number of carbonyl (C=O) groups is 2. The number of benzene rings is 1. The molecule has 4 N–H and O–H groups in total. The van der Waals surface area contributed by atoms with Crippen LogP contribution in [0.15, 0.2) is 24.3 Å². The van der Waals surface area contributed by atoms with E-state index in [0.717, 1.165) is 18.4 Å². The quantitative estimate of drug-likeness (QED) is 0.740. The highest BCUT2D eigenvalue weighted by atomic mass is 16.2. The third-order valence-corrected chi connectivity index (χ3v) is 3.08. The monoisotopic (exact) mass is 277 g/mol. The van der Waals surface area contributed by atoms with Crippen molar-refractivity contribution in [3.8, 4) is 0 Å². The number of unbranched alkanes of at least 4 members (excludes halogenated alkanes) is 1. The first-order valence-electron chi connectivity index (χ1n) is 6.95. The zero-order valence-electron chi connectivity index (χ0n) is 12.0. The lowest BCUT2D eigenvalue weighted by Crippen LogP contribution is -2.39. The Morgan fingerprint density at radius 1 is 1.25 bits per heavy atom. The molecular formula is C15H23N3O2. The number of hydrogen-bond acceptors (Lipinski definition) is 3. The highest BCUT2D eigenvalue weighted by molar-refractivity contribution is 5.97. The summed E-state index contributed by atoms with van der Waals surface area (Å²) in [5.74, 6) is -0.646. The third-order valence-electron chi connectivity index (χ3n) is 3.08. The van der Waals surface area contributed by atoms with Crippen LogP contribution >= 0.6 is 0 Å². The molecule has 0 atom stereocenters. The molecule has 0 saturated heterocycles. The van der Waals surface area contributed by atoms with Crippen molar-refractivity contribution in [3.05, 3.63) is 35.4 Å². The Balaban J connectivity index is 2.95. The minimum absolute atomic E-state index is 0.0458. The van der Waals surface area contributed by atoms with Crippen molar-refractivity contribution in [1.29, 1.82) is 0 Å². The number of primary amides is 1. The van der Waals surface area contributed by atoms with Gasteiger partial charge in [-0.2, -0.15) is 0 Å². The summed E-state index contributed by atoms with van der Waals surface area (Å²) in [6.07, 6.45) is 2.44. The standard InChI is InChI=1S/C15H23N3O2/c1-2-3-10-18(11-14(17)19)15(20)13-7-5-4-6-12(13)8-9-16/h4-7H,2-3,8-11,16H2,1H3,(H2,17,19). The fourth-order valence-electron chi connectivity index (χ4n) is 2.06. The number of carbonyl (C=O) groups excluding carboxylic acids is 2. The number of rotatable bonds is 8. The Labute approximate surface area is 119 Å². The molecule has 110 valence electrons. The van der Waals surface area contributed by atoms with Crippen molar-refractivity contribution in [1.82, 2.24) is 4.90 Å². The minimum Gasteiger partial charge on any atom is -0.368 e. The first kappa shape index (κ1) is 16.2. The van der Waals surface area contributed by atoms with Gasteiger partial charge in [-0.05, 0) is 31.0 Å². The predicted molar refractivity (Wildman–Crippen MR) is 79.2 cm³/mol. The lowest BCUT2D eigenvalue weighted by atomic mass is 10.0. The number of nitrogens with two attached hydrogens (primary N) is 2. The van der Waals surface area contributed by atoms with E-state index >= 15 is 0 Å². The summed E-state index contributed by atoms with van der Waals surface area (Å²) < 4.78 is 0. The normalized spacial score (nSPS) is 10.3. The van der Waals surface area contributed by atoms with Crippen LogP contribution in [0, 0.1) is 0 Å². The molecule has 5 nitrogen and oxygen atoms in total. The molecule has 0 heterocycles. The molecule has 0 aliphatic carbocycles. The van der Waals surface area contributed by atoms with Crippen molar-refractivity contribution in [2.24, 2.45) is 11.5 Å².